The van der Waals surface area contributed by atoms with Gasteiger partial charge in [-0.3, -0.25) is 0 Å². The Morgan fingerprint density at radius 2 is 2.12 bits per heavy atom. The van der Waals surface area contributed by atoms with E-state index in [9.17, 15) is 4.79 Å². The lowest BCUT2D eigenvalue weighted by atomic mass is 9.57. The van der Waals surface area contributed by atoms with Gasteiger partial charge in [-0.1, -0.05) is 44.2 Å². The normalized spacial score (nSPS) is 28.5. The van der Waals surface area contributed by atoms with Crippen LogP contribution in [0.4, 0.5) is 4.79 Å². The zero-order valence-corrected chi connectivity index (χ0v) is 14.5. The fourth-order valence-corrected chi connectivity index (χ4v) is 4.26. The molecule has 0 bridgehead atoms. The molecule has 0 spiro atoms. The van der Waals surface area contributed by atoms with Crippen molar-refractivity contribution in [3.8, 4) is 0 Å². The largest absolute Gasteiger partial charge is 0.396 e. The van der Waals surface area contributed by atoms with Gasteiger partial charge in [0.25, 0.3) is 0 Å². The summed E-state index contributed by atoms with van der Waals surface area (Å²) in [5.74, 6) is 0.429. The van der Waals surface area contributed by atoms with Crippen LogP contribution in [0.1, 0.15) is 44.7 Å². The van der Waals surface area contributed by atoms with E-state index >= 15 is 0 Å². The minimum atomic E-state index is -0.134. The number of nitrogens with one attached hydrogen (secondary N) is 2. The summed E-state index contributed by atoms with van der Waals surface area (Å²) in [7, 11) is 0. The molecular formula is C19H28N2O3. The lowest BCUT2D eigenvalue weighted by molar-refractivity contribution is -0.108. The van der Waals surface area contributed by atoms with Gasteiger partial charge < -0.3 is 20.5 Å². The molecule has 1 aliphatic carbocycles. The summed E-state index contributed by atoms with van der Waals surface area (Å²) in [4.78, 5) is 12.5. The highest BCUT2D eigenvalue weighted by Crippen LogP contribution is 2.52. The van der Waals surface area contributed by atoms with E-state index in [-0.39, 0.29) is 36.2 Å². The van der Waals surface area contributed by atoms with Gasteiger partial charge in [0, 0.05) is 30.6 Å². The van der Waals surface area contributed by atoms with Crippen molar-refractivity contribution in [2.24, 2.45) is 11.3 Å². The third kappa shape index (κ3) is 3.28. The molecule has 4 unspecified atom stereocenters. The highest BCUT2D eigenvalue weighted by atomic mass is 16.5. The lowest BCUT2D eigenvalue weighted by Gasteiger charge is -2.54. The average molecular weight is 332 g/mol. The molecule has 2 aliphatic rings. The molecule has 4 atom stereocenters. The van der Waals surface area contributed by atoms with E-state index in [0.29, 0.717) is 12.3 Å². The van der Waals surface area contributed by atoms with Gasteiger partial charge in [0.1, 0.15) is 0 Å². The Balaban J connectivity index is 1.61. The van der Waals surface area contributed by atoms with E-state index in [1.165, 1.54) is 0 Å². The molecular weight excluding hydrogens is 304 g/mol. The van der Waals surface area contributed by atoms with Crippen LogP contribution in [0.15, 0.2) is 30.3 Å². The first-order chi connectivity index (χ1) is 11.5. The highest BCUT2D eigenvalue weighted by Gasteiger charge is 2.59. The molecule has 5 nitrogen and oxygen atoms in total. The van der Waals surface area contributed by atoms with E-state index < -0.39 is 0 Å². The zero-order chi connectivity index (χ0) is 17.2. The number of fused-ring (bicyclic) bond motifs is 1. The van der Waals surface area contributed by atoms with Crippen molar-refractivity contribution < 1.29 is 14.6 Å². The van der Waals surface area contributed by atoms with Crippen molar-refractivity contribution >= 4 is 6.03 Å². The van der Waals surface area contributed by atoms with Crippen LogP contribution in [-0.2, 0) is 4.74 Å². The second kappa shape index (κ2) is 7.11. The van der Waals surface area contributed by atoms with Crippen LogP contribution < -0.4 is 10.6 Å². The van der Waals surface area contributed by atoms with Crippen molar-refractivity contribution in [3.05, 3.63) is 35.9 Å². The van der Waals surface area contributed by atoms with Gasteiger partial charge in [-0.05, 0) is 24.8 Å². The first kappa shape index (κ1) is 17.2. The van der Waals surface area contributed by atoms with Gasteiger partial charge in [0.15, 0.2) is 0 Å². The predicted octanol–water partition coefficient (Wildman–Crippen LogP) is 2.61. The van der Waals surface area contributed by atoms with Crippen molar-refractivity contribution in [1.29, 1.82) is 0 Å². The minimum absolute atomic E-state index is 0.0220. The third-order valence-electron chi connectivity index (χ3n) is 5.55. The first-order valence-corrected chi connectivity index (χ1v) is 8.88. The molecule has 24 heavy (non-hydrogen) atoms. The second-order valence-corrected chi connectivity index (χ2v) is 7.49. The SMILES string of the molecule is CC1(C)C(NC(=O)NC(CCCO)c2ccccc2)C2CCOC21. The number of urea groups is 1. The summed E-state index contributed by atoms with van der Waals surface area (Å²) in [5.41, 5.74) is 1.04. The molecule has 5 heteroatoms. The summed E-state index contributed by atoms with van der Waals surface area (Å²) in [5, 5.41) is 15.4. The molecule has 3 N–H and O–H groups in total. The van der Waals surface area contributed by atoms with Crippen molar-refractivity contribution in [1.82, 2.24) is 10.6 Å². The fourth-order valence-electron chi connectivity index (χ4n) is 4.26. The fraction of sp³-hybridized carbons (Fsp3) is 0.632. The van der Waals surface area contributed by atoms with Gasteiger partial charge in [0.2, 0.25) is 0 Å². The van der Waals surface area contributed by atoms with Crippen molar-refractivity contribution in [2.45, 2.75) is 51.3 Å². The summed E-state index contributed by atoms with van der Waals surface area (Å²) in [6.45, 7) is 5.24. The van der Waals surface area contributed by atoms with Gasteiger partial charge in [-0.25, -0.2) is 4.79 Å². The van der Waals surface area contributed by atoms with E-state index in [1.54, 1.807) is 0 Å². The number of carbonyl (C=O) groups is 1. The van der Waals surface area contributed by atoms with Gasteiger partial charge in [0.05, 0.1) is 12.1 Å². The molecule has 1 aromatic rings. The number of hydrogen-bond donors (Lipinski definition) is 3. The number of aliphatic hydroxyl groups excluding tert-OH is 1. The van der Waals surface area contributed by atoms with Crippen LogP contribution >= 0.6 is 0 Å². The Morgan fingerprint density at radius 3 is 2.83 bits per heavy atom. The highest BCUT2D eigenvalue weighted by molar-refractivity contribution is 5.75. The quantitative estimate of drug-likeness (QED) is 0.750. The van der Waals surface area contributed by atoms with E-state index in [4.69, 9.17) is 9.84 Å². The van der Waals surface area contributed by atoms with Gasteiger partial charge >= 0.3 is 6.03 Å². The minimum Gasteiger partial charge on any atom is -0.396 e. The van der Waals surface area contributed by atoms with Gasteiger partial charge in [-0.2, -0.15) is 0 Å². The first-order valence-electron chi connectivity index (χ1n) is 8.88. The van der Waals surface area contributed by atoms with Crippen LogP contribution in [0.3, 0.4) is 0 Å². The Morgan fingerprint density at radius 1 is 1.38 bits per heavy atom. The smallest absolute Gasteiger partial charge is 0.315 e. The number of carbonyl (C=O) groups excluding carboxylic acids is 1. The Hall–Kier alpha value is -1.59. The van der Waals surface area contributed by atoms with Crippen molar-refractivity contribution in [2.75, 3.05) is 13.2 Å². The molecule has 0 radical (unpaired) electrons. The van der Waals surface area contributed by atoms with Crippen molar-refractivity contribution in [3.63, 3.8) is 0 Å². The molecule has 1 aliphatic heterocycles. The molecule has 2 amide bonds. The van der Waals surface area contributed by atoms with Gasteiger partial charge in [-0.15, -0.1) is 0 Å². The molecule has 3 rings (SSSR count). The molecule has 1 saturated carbocycles. The number of ether oxygens (including phenoxy) is 1. The molecule has 1 aromatic carbocycles. The predicted molar refractivity (Wildman–Crippen MR) is 92.6 cm³/mol. The van der Waals surface area contributed by atoms with Crippen LogP contribution in [0, 0.1) is 11.3 Å². The molecule has 0 aromatic heterocycles. The maximum absolute atomic E-state index is 12.5. The molecule has 1 heterocycles. The standard InChI is InChI=1S/C19H28N2O3/c1-19(2)16(14-10-12-24-17(14)19)21-18(23)20-15(9-6-11-22)13-7-4-3-5-8-13/h3-5,7-8,14-17,22H,6,9-12H2,1-2H3,(H2,20,21,23). The van der Waals surface area contributed by atoms with E-state index in [0.717, 1.165) is 25.0 Å². The topological polar surface area (TPSA) is 70.6 Å². The maximum Gasteiger partial charge on any atom is 0.315 e. The second-order valence-electron chi connectivity index (χ2n) is 7.49. The van der Waals surface area contributed by atoms with E-state index in [1.807, 2.05) is 30.3 Å². The summed E-state index contributed by atoms with van der Waals surface area (Å²) < 4.78 is 5.78. The number of aliphatic hydroxyl groups is 1. The van der Waals surface area contributed by atoms with Crippen LogP contribution in [-0.4, -0.2) is 36.5 Å². The molecule has 1 saturated heterocycles. The average Bonchev–Trinajstić information content (AvgIpc) is 3.04. The van der Waals surface area contributed by atoms with Crippen LogP contribution in [0.5, 0.6) is 0 Å². The molecule has 2 fully saturated rings. The Bertz CT molecular complexity index is 561. The van der Waals surface area contributed by atoms with Crippen LogP contribution in [0.25, 0.3) is 0 Å². The number of hydrogen-bond acceptors (Lipinski definition) is 3. The Labute approximate surface area is 143 Å². The number of rotatable bonds is 6. The zero-order valence-electron chi connectivity index (χ0n) is 14.5. The summed E-state index contributed by atoms with van der Waals surface area (Å²) in [6.07, 6.45) is 2.66. The molecule has 132 valence electrons. The summed E-state index contributed by atoms with van der Waals surface area (Å²) >= 11 is 0. The maximum atomic E-state index is 12.5. The Kier molecular flexibility index (Phi) is 5.11. The lowest BCUT2D eigenvalue weighted by Crippen LogP contribution is -2.67. The summed E-state index contributed by atoms with van der Waals surface area (Å²) in [6, 6.07) is 9.85. The van der Waals surface area contributed by atoms with Crippen LogP contribution in [0.2, 0.25) is 0 Å². The number of benzene rings is 1. The number of amides is 2. The van der Waals surface area contributed by atoms with E-state index in [2.05, 4.69) is 24.5 Å². The monoisotopic (exact) mass is 332 g/mol. The third-order valence-corrected chi connectivity index (χ3v) is 5.55.